The normalized spacial score (nSPS) is 31.7. The highest BCUT2D eigenvalue weighted by Crippen LogP contribution is 2.25. The van der Waals surface area contributed by atoms with Crippen molar-refractivity contribution in [1.82, 2.24) is 4.90 Å². The summed E-state index contributed by atoms with van der Waals surface area (Å²) in [6.07, 6.45) is 8.68. The number of aliphatic imine (C=N–C) groups is 1. The molecule has 1 aliphatic heterocycles. The third-order valence-corrected chi connectivity index (χ3v) is 3.76. The monoisotopic (exact) mass is 209 g/mol. The summed E-state index contributed by atoms with van der Waals surface area (Å²) in [7, 11) is 2.18. The summed E-state index contributed by atoms with van der Waals surface area (Å²) in [5.41, 5.74) is 6.11. The number of likely N-dealkylation sites (tertiary alicyclic amines) is 1. The van der Waals surface area contributed by atoms with Crippen LogP contribution in [0.15, 0.2) is 4.99 Å². The van der Waals surface area contributed by atoms with Gasteiger partial charge in [0, 0.05) is 18.7 Å². The van der Waals surface area contributed by atoms with E-state index in [1.165, 1.54) is 38.6 Å². The van der Waals surface area contributed by atoms with Crippen LogP contribution in [-0.2, 0) is 0 Å². The number of hydrogen-bond donors (Lipinski definition) is 1. The molecule has 2 N–H and O–H groups in total. The summed E-state index contributed by atoms with van der Waals surface area (Å²) < 4.78 is 0. The van der Waals surface area contributed by atoms with Crippen LogP contribution in [0.4, 0.5) is 0 Å². The van der Waals surface area contributed by atoms with Crippen molar-refractivity contribution in [3.05, 3.63) is 0 Å². The van der Waals surface area contributed by atoms with Gasteiger partial charge in [0.1, 0.15) is 6.17 Å². The van der Waals surface area contributed by atoms with Gasteiger partial charge < -0.3 is 10.6 Å². The molecule has 0 bridgehead atoms. The van der Waals surface area contributed by atoms with Gasteiger partial charge in [-0.1, -0.05) is 6.42 Å². The zero-order valence-corrected chi connectivity index (χ0v) is 9.73. The van der Waals surface area contributed by atoms with Crippen LogP contribution in [0, 0.1) is 11.8 Å². The van der Waals surface area contributed by atoms with E-state index in [-0.39, 0.29) is 6.17 Å². The minimum atomic E-state index is 0.0355. The number of rotatable bonds is 3. The zero-order valence-electron chi connectivity index (χ0n) is 9.73. The van der Waals surface area contributed by atoms with E-state index in [9.17, 15) is 0 Å². The van der Waals surface area contributed by atoms with Crippen molar-refractivity contribution in [3.63, 3.8) is 0 Å². The Morgan fingerprint density at radius 1 is 1.33 bits per heavy atom. The lowest BCUT2D eigenvalue weighted by Crippen LogP contribution is -2.41. The number of hydrogen-bond acceptors (Lipinski definition) is 3. The van der Waals surface area contributed by atoms with Gasteiger partial charge in [-0.3, -0.25) is 4.99 Å². The van der Waals surface area contributed by atoms with Crippen LogP contribution in [0.1, 0.15) is 32.1 Å². The summed E-state index contributed by atoms with van der Waals surface area (Å²) in [6, 6.07) is 0. The Hall–Kier alpha value is -0.410. The van der Waals surface area contributed by atoms with E-state index in [4.69, 9.17) is 5.73 Å². The third kappa shape index (κ3) is 3.02. The highest BCUT2D eigenvalue weighted by Gasteiger charge is 2.23. The Bertz CT molecular complexity index is 223. The Kier molecular flexibility index (Phi) is 3.76. The van der Waals surface area contributed by atoms with Gasteiger partial charge in [-0.15, -0.1) is 0 Å². The van der Waals surface area contributed by atoms with Gasteiger partial charge in [0.05, 0.1) is 0 Å². The van der Waals surface area contributed by atoms with Gasteiger partial charge in [-0.05, 0) is 45.2 Å². The van der Waals surface area contributed by atoms with E-state index in [0.29, 0.717) is 5.92 Å². The molecule has 0 amide bonds. The van der Waals surface area contributed by atoms with Gasteiger partial charge >= 0.3 is 0 Å². The van der Waals surface area contributed by atoms with Crippen LogP contribution in [0.2, 0.25) is 0 Å². The fraction of sp³-hybridized carbons (Fsp3) is 0.917. The smallest absolute Gasteiger partial charge is 0.101 e. The quantitative estimate of drug-likeness (QED) is 0.715. The maximum Gasteiger partial charge on any atom is 0.101 e. The van der Waals surface area contributed by atoms with Crippen molar-refractivity contribution < 1.29 is 0 Å². The third-order valence-electron chi connectivity index (χ3n) is 3.76. The maximum absolute atomic E-state index is 6.11. The van der Waals surface area contributed by atoms with Crippen LogP contribution in [0.25, 0.3) is 0 Å². The molecule has 2 rings (SSSR count). The molecule has 1 aliphatic carbocycles. The van der Waals surface area contributed by atoms with E-state index in [2.05, 4.69) is 23.2 Å². The summed E-state index contributed by atoms with van der Waals surface area (Å²) in [5, 5.41) is 0. The Morgan fingerprint density at radius 2 is 2.13 bits per heavy atom. The number of piperidine rings is 1. The van der Waals surface area contributed by atoms with Gasteiger partial charge in [-0.25, -0.2) is 0 Å². The van der Waals surface area contributed by atoms with E-state index in [0.717, 1.165) is 12.5 Å². The van der Waals surface area contributed by atoms with Gasteiger partial charge in [0.2, 0.25) is 0 Å². The first-order valence-electron chi connectivity index (χ1n) is 6.23. The minimum absolute atomic E-state index is 0.0355. The summed E-state index contributed by atoms with van der Waals surface area (Å²) >= 11 is 0. The lowest BCUT2D eigenvalue weighted by atomic mass is 9.86. The predicted octanol–water partition coefficient (Wildman–Crippen LogP) is 1.48. The average Bonchev–Trinajstić information content (AvgIpc) is 2.15. The van der Waals surface area contributed by atoms with Crippen LogP contribution in [0.3, 0.4) is 0 Å². The van der Waals surface area contributed by atoms with E-state index < -0.39 is 0 Å². The molecule has 3 heteroatoms. The fourth-order valence-electron chi connectivity index (χ4n) is 2.42. The molecule has 3 nitrogen and oxygen atoms in total. The molecular formula is C12H23N3. The first-order valence-corrected chi connectivity index (χ1v) is 6.23. The number of nitrogens with two attached hydrogens (primary N) is 1. The molecule has 1 saturated heterocycles. The van der Waals surface area contributed by atoms with Crippen molar-refractivity contribution in [1.29, 1.82) is 0 Å². The minimum Gasteiger partial charge on any atom is -0.309 e. The first kappa shape index (κ1) is 11.1. The molecule has 2 atom stereocenters. The Morgan fingerprint density at radius 3 is 2.73 bits per heavy atom. The summed E-state index contributed by atoms with van der Waals surface area (Å²) in [4.78, 5) is 6.90. The highest BCUT2D eigenvalue weighted by atomic mass is 15.1. The van der Waals surface area contributed by atoms with E-state index in [1.807, 2.05) is 0 Å². The van der Waals surface area contributed by atoms with Gasteiger partial charge in [-0.2, -0.15) is 0 Å². The van der Waals surface area contributed by atoms with Crippen LogP contribution in [-0.4, -0.2) is 37.4 Å². The molecule has 0 spiro atoms. The molecule has 2 fully saturated rings. The Balaban J connectivity index is 1.78. The maximum atomic E-state index is 6.11. The predicted molar refractivity (Wildman–Crippen MR) is 64.0 cm³/mol. The van der Waals surface area contributed by atoms with Gasteiger partial charge in [0.25, 0.3) is 0 Å². The fourth-order valence-corrected chi connectivity index (χ4v) is 2.42. The molecule has 0 radical (unpaired) electrons. The molecule has 2 aliphatic rings. The van der Waals surface area contributed by atoms with Gasteiger partial charge in [0.15, 0.2) is 0 Å². The molecule has 0 aromatic heterocycles. The number of nitrogens with zero attached hydrogens (tertiary/aromatic N) is 2. The Labute approximate surface area is 92.7 Å². The van der Waals surface area contributed by atoms with Crippen molar-refractivity contribution in [2.24, 2.45) is 22.6 Å². The van der Waals surface area contributed by atoms with Crippen molar-refractivity contribution in [2.75, 3.05) is 20.1 Å². The lowest BCUT2D eigenvalue weighted by Gasteiger charge is -2.32. The second-order valence-electron chi connectivity index (χ2n) is 5.14. The highest BCUT2D eigenvalue weighted by molar-refractivity contribution is 5.61. The summed E-state index contributed by atoms with van der Waals surface area (Å²) in [6.45, 7) is 2.33. The molecule has 86 valence electrons. The second-order valence-corrected chi connectivity index (χ2v) is 5.14. The van der Waals surface area contributed by atoms with Crippen LogP contribution >= 0.6 is 0 Å². The van der Waals surface area contributed by atoms with Crippen molar-refractivity contribution in [2.45, 2.75) is 38.3 Å². The van der Waals surface area contributed by atoms with Crippen molar-refractivity contribution in [3.8, 4) is 0 Å². The van der Waals surface area contributed by atoms with Crippen molar-refractivity contribution >= 4 is 6.21 Å². The van der Waals surface area contributed by atoms with E-state index in [1.54, 1.807) is 0 Å². The zero-order chi connectivity index (χ0) is 10.7. The standard InChI is InChI=1S/C12H23N3/c1-15-7-3-6-11(9-15)12(13)14-8-10-4-2-5-10/h8,10-12H,2-7,9,13H2,1H3. The summed E-state index contributed by atoms with van der Waals surface area (Å²) in [5.74, 6) is 1.30. The second kappa shape index (κ2) is 5.08. The topological polar surface area (TPSA) is 41.6 Å². The molecule has 1 saturated carbocycles. The molecule has 15 heavy (non-hydrogen) atoms. The lowest BCUT2D eigenvalue weighted by molar-refractivity contribution is 0.190. The van der Waals surface area contributed by atoms with E-state index >= 15 is 0 Å². The molecule has 0 aromatic rings. The largest absolute Gasteiger partial charge is 0.309 e. The van der Waals surface area contributed by atoms with Crippen LogP contribution in [0.5, 0.6) is 0 Å². The SMILES string of the molecule is CN1CCCC(C(N)N=CC2CCC2)C1. The molecule has 2 unspecified atom stereocenters. The molecule has 1 heterocycles. The molecule has 0 aromatic carbocycles. The molecular weight excluding hydrogens is 186 g/mol. The average molecular weight is 209 g/mol. The first-order chi connectivity index (χ1) is 7.25. The van der Waals surface area contributed by atoms with Crippen LogP contribution < -0.4 is 5.73 Å².